The van der Waals surface area contributed by atoms with E-state index in [0.29, 0.717) is 5.78 Å². The van der Waals surface area contributed by atoms with E-state index in [1.54, 1.807) is 12.5 Å². The Morgan fingerprint density at radius 2 is 2.00 bits per heavy atom. The molecule has 1 saturated carbocycles. The topological polar surface area (TPSA) is 17.1 Å². The van der Waals surface area contributed by atoms with Gasteiger partial charge in [-0.2, -0.15) is 0 Å². The third-order valence-corrected chi connectivity index (χ3v) is 2.66. The zero-order valence-electron chi connectivity index (χ0n) is 8.64. The quantitative estimate of drug-likeness (QED) is 0.466. The molecule has 1 nitrogen and oxygen atoms in total. The Morgan fingerprint density at radius 1 is 1.31 bits per heavy atom. The van der Waals surface area contributed by atoms with Gasteiger partial charge >= 0.3 is 0 Å². The summed E-state index contributed by atoms with van der Waals surface area (Å²) < 4.78 is 0. The molecule has 0 aromatic rings. The van der Waals surface area contributed by atoms with E-state index in [9.17, 15) is 4.79 Å². The van der Waals surface area contributed by atoms with Crippen LogP contribution in [0.4, 0.5) is 0 Å². The molecule has 0 amide bonds. The van der Waals surface area contributed by atoms with Gasteiger partial charge in [0.05, 0.1) is 0 Å². The maximum absolute atomic E-state index is 10.6. The molecule has 1 rings (SSSR count). The first kappa shape index (κ1) is 10.5. The number of hydrogen-bond donors (Lipinski definition) is 0. The summed E-state index contributed by atoms with van der Waals surface area (Å²) in [7, 11) is 0. The second-order valence-corrected chi connectivity index (χ2v) is 4.02. The minimum absolute atomic E-state index is 0.327. The summed E-state index contributed by atoms with van der Waals surface area (Å²) >= 11 is 0. The highest BCUT2D eigenvalue weighted by atomic mass is 16.1. The summed E-state index contributed by atoms with van der Waals surface area (Å²) in [5.74, 6) is 0.327. The van der Waals surface area contributed by atoms with Gasteiger partial charge in [-0.25, -0.2) is 0 Å². The molecule has 0 N–H and O–H groups in total. The summed E-state index contributed by atoms with van der Waals surface area (Å²) in [4.78, 5) is 10.6. The fraction of sp³-hybridized carbons (Fsp3) is 0.750. The molecule has 0 saturated heterocycles. The van der Waals surface area contributed by atoms with Gasteiger partial charge in [-0.15, -0.1) is 0 Å². The average Bonchev–Trinajstić information content (AvgIpc) is 2.55. The molecule has 1 aliphatic rings. The summed E-state index contributed by atoms with van der Waals surface area (Å²) in [6.07, 6.45) is 12.0. The van der Waals surface area contributed by atoms with Gasteiger partial charge in [-0.3, -0.25) is 0 Å². The van der Waals surface area contributed by atoms with Crippen molar-refractivity contribution >= 4 is 5.78 Å². The van der Waals surface area contributed by atoms with Crippen LogP contribution in [0.2, 0.25) is 0 Å². The van der Waals surface area contributed by atoms with Crippen molar-refractivity contribution in [2.75, 3.05) is 0 Å². The van der Waals surface area contributed by atoms with Crippen molar-refractivity contribution in [3.63, 3.8) is 0 Å². The fourth-order valence-corrected chi connectivity index (χ4v) is 1.86. The van der Waals surface area contributed by atoms with Crippen molar-refractivity contribution in [2.24, 2.45) is 0 Å². The molecule has 0 atom stereocenters. The normalized spacial score (nSPS) is 16.2. The molecular formula is C12H20O. The fourth-order valence-electron chi connectivity index (χ4n) is 1.86. The Balaban J connectivity index is 1.99. The highest BCUT2D eigenvalue weighted by molar-refractivity contribution is 5.75. The zero-order chi connectivity index (χ0) is 9.52. The predicted octanol–water partition coefficient (Wildman–Crippen LogP) is 3.64. The van der Waals surface area contributed by atoms with Crippen LogP contribution in [0.15, 0.2) is 11.6 Å². The van der Waals surface area contributed by atoms with E-state index in [2.05, 4.69) is 6.08 Å². The van der Waals surface area contributed by atoms with Crippen LogP contribution in [-0.2, 0) is 4.79 Å². The lowest BCUT2D eigenvalue weighted by atomic mass is 10.1. The Hall–Kier alpha value is -0.590. The molecule has 1 fully saturated rings. The lowest BCUT2D eigenvalue weighted by Gasteiger charge is -1.96. The van der Waals surface area contributed by atoms with E-state index in [0.717, 1.165) is 12.8 Å². The third-order valence-electron chi connectivity index (χ3n) is 2.66. The van der Waals surface area contributed by atoms with Gasteiger partial charge in [-0.1, -0.05) is 11.6 Å². The summed E-state index contributed by atoms with van der Waals surface area (Å²) in [5.41, 5.74) is 1.66. The second-order valence-electron chi connectivity index (χ2n) is 4.02. The first-order valence-electron chi connectivity index (χ1n) is 5.46. The van der Waals surface area contributed by atoms with E-state index < -0.39 is 0 Å². The Morgan fingerprint density at radius 3 is 2.62 bits per heavy atom. The van der Waals surface area contributed by atoms with Crippen LogP contribution in [-0.4, -0.2) is 5.78 Å². The van der Waals surface area contributed by atoms with E-state index in [1.165, 1.54) is 38.5 Å². The van der Waals surface area contributed by atoms with Gasteiger partial charge in [0.2, 0.25) is 0 Å². The van der Waals surface area contributed by atoms with Crippen molar-refractivity contribution in [1.82, 2.24) is 0 Å². The summed E-state index contributed by atoms with van der Waals surface area (Å²) in [6.45, 7) is 1.68. The number of allylic oxidation sites excluding steroid dienone is 2. The van der Waals surface area contributed by atoms with Crippen molar-refractivity contribution in [3.05, 3.63) is 11.6 Å². The number of rotatable bonds is 5. The third kappa shape index (κ3) is 4.87. The predicted molar refractivity (Wildman–Crippen MR) is 55.7 cm³/mol. The Bertz CT molecular complexity index is 183. The molecule has 74 valence electrons. The molecular weight excluding hydrogens is 160 g/mol. The van der Waals surface area contributed by atoms with Gasteiger partial charge in [0.15, 0.2) is 0 Å². The van der Waals surface area contributed by atoms with Crippen molar-refractivity contribution in [1.29, 1.82) is 0 Å². The monoisotopic (exact) mass is 180 g/mol. The zero-order valence-corrected chi connectivity index (χ0v) is 8.64. The standard InChI is InChI=1S/C12H20O/c1-11(13)7-3-2-4-8-12-9-5-6-10-12/h8H,2-7,9-10H2,1H3. The first-order valence-corrected chi connectivity index (χ1v) is 5.46. The second kappa shape index (κ2) is 5.95. The molecule has 0 heterocycles. The van der Waals surface area contributed by atoms with Gasteiger partial charge < -0.3 is 4.79 Å². The number of Topliss-reactive ketones (excluding diaryl/α,β-unsaturated/α-hetero) is 1. The first-order chi connectivity index (χ1) is 6.29. The molecule has 1 aliphatic carbocycles. The van der Waals surface area contributed by atoms with Crippen LogP contribution < -0.4 is 0 Å². The van der Waals surface area contributed by atoms with E-state index >= 15 is 0 Å². The molecule has 0 radical (unpaired) electrons. The number of carbonyl (C=O) groups excluding carboxylic acids is 1. The SMILES string of the molecule is CC(=O)CCCCC=C1CCCC1. The molecule has 0 aliphatic heterocycles. The van der Waals surface area contributed by atoms with Crippen LogP contribution in [0.5, 0.6) is 0 Å². The Labute approximate surface area is 81.2 Å². The lowest BCUT2D eigenvalue weighted by molar-refractivity contribution is -0.117. The maximum Gasteiger partial charge on any atom is 0.129 e. The van der Waals surface area contributed by atoms with Crippen LogP contribution in [0.1, 0.15) is 58.3 Å². The summed E-state index contributed by atoms with van der Waals surface area (Å²) in [5, 5.41) is 0. The van der Waals surface area contributed by atoms with Crippen LogP contribution in [0, 0.1) is 0 Å². The lowest BCUT2D eigenvalue weighted by Crippen LogP contribution is -1.88. The minimum Gasteiger partial charge on any atom is -0.300 e. The molecule has 13 heavy (non-hydrogen) atoms. The average molecular weight is 180 g/mol. The van der Waals surface area contributed by atoms with Crippen molar-refractivity contribution < 1.29 is 4.79 Å². The highest BCUT2D eigenvalue weighted by Crippen LogP contribution is 2.24. The van der Waals surface area contributed by atoms with E-state index in [4.69, 9.17) is 0 Å². The minimum atomic E-state index is 0.327. The van der Waals surface area contributed by atoms with Crippen LogP contribution in [0.3, 0.4) is 0 Å². The van der Waals surface area contributed by atoms with Crippen molar-refractivity contribution in [3.8, 4) is 0 Å². The van der Waals surface area contributed by atoms with E-state index in [-0.39, 0.29) is 0 Å². The number of ketones is 1. The molecule has 1 heteroatoms. The van der Waals surface area contributed by atoms with Crippen molar-refractivity contribution in [2.45, 2.75) is 58.3 Å². The van der Waals surface area contributed by atoms with E-state index in [1.807, 2.05) is 0 Å². The molecule has 0 aromatic heterocycles. The maximum atomic E-state index is 10.6. The molecule has 0 bridgehead atoms. The highest BCUT2D eigenvalue weighted by Gasteiger charge is 2.04. The number of carbonyl (C=O) groups is 1. The molecule has 0 unspecified atom stereocenters. The van der Waals surface area contributed by atoms with Gasteiger partial charge in [0.1, 0.15) is 5.78 Å². The molecule has 0 aromatic carbocycles. The van der Waals surface area contributed by atoms with Crippen LogP contribution in [0.25, 0.3) is 0 Å². The van der Waals surface area contributed by atoms with Gasteiger partial charge in [0, 0.05) is 6.42 Å². The molecule has 0 spiro atoms. The van der Waals surface area contributed by atoms with Crippen LogP contribution >= 0.6 is 0 Å². The number of unbranched alkanes of at least 4 members (excludes halogenated alkanes) is 2. The summed E-state index contributed by atoms with van der Waals surface area (Å²) in [6, 6.07) is 0. The van der Waals surface area contributed by atoms with Gasteiger partial charge in [-0.05, 0) is 51.9 Å². The Kier molecular flexibility index (Phi) is 4.81. The smallest absolute Gasteiger partial charge is 0.129 e. The number of hydrogen-bond acceptors (Lipinski definition) is 1. The largest absolute Gasteiger partial charge is 0.300 e. The van der Waals surface area contributed by atoms with Gasteiger partial charge in [0.25, 0.3) is 0 Å².